The van der Waals surface area contributed by atoms with E-state index < -0.39 is 6.16 Å². The van der Waals surface area contributed by atoms with Gasteiger partial charge >= 0.3 is 6.16 Å². The van der Waals surface area contributed by atoms with E-state index >= 15 is 0 Å². The van der Waals surface area contributed by atoms with Crippen molar-refractivity contribution in [2.24, 2.45) is 0 Å². The van der Waals surface area contributed by atoms with Crippen molar-refractivity contribution in [1.29, 1.82) is 0 Å². The van der Waals surface area contributed by atoms with E-state index in [1.54, 1.807) is 50.2 Å². The number of aromatic hydroxyl groups is 2. The van der Waals surface area contributed by atoms with Crippen LogP contribution in [0.25, 0.3) is 0 Å². The summed E-state index contributed by atoms with van der Waals surface area (Å²) in [5, 5.41) is 19.6. The summed E-state index contributed by atoms with van der Waals surface area (Å²) in [4.78, 5) is 11.6. The maximum absolute atomic E-state index is 11.6. The molecule has 22 heavy (non-hydrogen) atoms. The molecule has 0 amide bonds. The highest BCUT2D eigenvalue weighted by atomic mass is 16.7. The number of phenolic OH excluding ortho intramolecular Hbond substituents is 2. The molecule has 5 nitrogen and oxygen atoms in total. The minimum absolute atomic E-state index is 0.0772. The molecule has 2 rings (SSSR count). The van der Waals surface area contributed by atoms with Gasteiger partial charge in [-0.05, 0) is 25.0 Å². The van der Waals surface area contributed by atoms with E-state index in [-0.39, 0.29) is 24.7 Å². The first-order valence-corrected chi connectivity index (χ1v) is 6.83. The van der Waals surface area contributed by atoms with Crippen molar-refractivity contribution < 1.29 is 24.5 Å². The van der Waals surface area contributed by atoms with E-state index in [0.29, 0.717) is 22.3 Å². The van der Waals surface area contributed by atoms with Crippen LogP contribution >= 0.6 is 0 Å². The summed E-state index contributed by atoms with van der Waals surface area (Å²) < 4.78 is 9.91. The van der Waals surface area contributed by atoms with Gasteiger partial charge in [0.05, 0.1) is 0 Å². The molecule has 0 saturated heterocycles. The number of ether oxygens (including phenoxy) is 2. The van der Waals surface area contributed by atoms with Crippen molar-refractivity contribution in [1.82, 2.24) is 0 Å². The Hall–Kier alpha value is -2.69. The number of carbonyl (C=O) groups excluding carboxylic acids is 1. The summed E-state index contributed by atoms with van der Waals surface area (Å²) in [5.74, 6) is 0.207. The summed E-state index contributed by atoms with van der Waals surface area (Å²) in [6, 6.07) is 10.4. The van der Waals surface area contributed by atoms with Crippen molar-refractivity contribution in [2.75, 3.05) is 0 Å². The summed E-state index contributed by atoms with van der Waals surface area (Å²) in [6.07, 6.45) is -0.859. The molecule has 0 aliphatic carbocycles. The van der Waals surface area contributed by atoms with Crippen molar-refractivity contribution in [3.05, 3.63) is 58.7 Å². The molecule has 0 heterocycles. The lowest BCUT2D eigenvalue weighted by molar-refractivity contribution is 0.0438. The van der Waals surface area contributed by atoms with Gasteiger partial charge < -0.3 is 19.7 Å². The highest BCUT2D eigenvalue weighted by Crippen LogP contribution is 2.23. The number of para-hydroxylation sites is 2. The fraction of sp³-hybridized carbons (Fsp3) is 0.235. The second-order valence-electron chi connectivity index (χ2n) is 4.99. The van der Waals surface area contributed by atoms with Gasteiger partial charge in [0, 0.05) is 11.1 Å². The molecule has 0 saturated carbocycles. The monoisotopic (exact) mass is 302 g/mol. The normalized spacial score (nSPS) is 10.3. The SMILES string of the molecule is Cc1cccc(COC(=O)OCc2cccc(C)c2O)c1O. The summed E-state index contributed by atoms with van der Waals surface area (Å²) in [5.41, 5.74) is 2.43. The molecule has 2 aromatic carbocycles. The highest BCUT2D eigenvalue weighted by Gasteiger charge is 2.11. The third-order valence-electron chi connectivity index (χ3n) is 3.33. The van der Waals surface area contributed by atoms with Crippen LogP contribution in [0.4, 0.5) is 4.79 Å². The van der Waals surface area contributed by atoms with Gasteiger partial charge in [-0.2, -0.15) is 0 Å². The van der Waals surface area contributed by atoms with Gasteiger partial charge in [-0.3, -0.25) is 0 Å². The predicted octanol–water partition coefficient (Wildman–Crippen LogP) is 3.57. The van der Waals surface area contributed by atoms with Crippen LogP contribution in [0.15, 0.2) is 36.4 Å². The van der Waals surface area contributed by atoms with E-state index in [1.165, 1.54) is 0 Å². The quantitative estimate of drug-likeness (QED) is 0.844. The van der Waals surface area contributed by atoms with Crippen molar-refractivity contribution in [3.63, 3.8) is 0 Å². The van der Waals surface area contributed by atoms with Crippen LogP contribution in [0.2, 0.25) is 0 Å². The molecule has 0 atom stereocenters. The standard InChI is InChI=1S/C17H18O5/c1-11-5-3-7-13(15(11)18)9-21-17(20)22-10-14-8-4-6-12(2)16(14)19/h3-8,18-19H,9-10H2,1-2H3. The third-order valence-corrected chi connectivity index (χ3v) is 3.33. The van der Waals surface area contributed by atoms with Crippen molar-refractivity contribution >= 4 is 6.16 Å². The van der Waals surface area contributed by atoms with Crippen LogP contribution in [0, 0.1) is 13.8 Å². The van der Waals surface area contributed by atoms with E-state index in [9.17, 15) is 15.0 Å². The van der Waals surface area contributed by atoms with Crippen LogP contribution < -0.4 is 0 Å². The van der Waals surface area contributed by atoms with Crippen LogP contribution in [0.5, 0.6) is 11.5 Å². The van der Waals surface area contributed by atoms with Gasteiger partial charge in [-0.15, -0.1) is 0 Å². The second-order valence-corrected chi connectivity index (χ2v) is 4.99. The first kappa shape index (κ1) is 15.7. The number of hydrogen-bond donors (Lipinski definition) is 2. The molecule has 2 aromatic rings. The Balaban J connectivity index is 1.88. The number of benzene rings is 2. The Morgan fingerprint density at radius 2 is 1.27 bits per heavy atom. The van der Waals surface area contributed by atoms with Crippen LogP contribution in [0.1, 0.15) is 22.3 Å². The third kappa shape index (κ3) is 3.69. The largest absolute Gasteiger partial charge is 0.508 e. The molecule has 0 bridgehead atoms. The smallest absolute Gasteiger partial charge is 0.507 e. The Kier molecular flexibility index (Phi) is 4.88. The maximum atomic E-state index is 11.6. The van der Waals surface area contributed by atoms with Gasteiger partial charge in [0.1, 0.15) is 24.7 Å². The van der Waals surface area contributed by atoms with Crippen molar-refractivity contribution in [3.8, 4) is 11.5 Å². The molecule has 0 aromatic heterocycles. The molecule has 116 valence electrons. The molecule has 2 N–H and O–H groups in total. The van der Waals surface area contributed by atoms with Gasteiger partial charge in [0.15, 0.2) is 0 Å². The summed E-state index contributed by atoms with van der Waals surface area (Å²) >= 11 is 0. The molecule has 0 aliphatic heterocycles. The first-order valence-electron chi connectivity index (χ1n) is 6.83. The predicted molar refractivity (Wildman–Crippen MR) is 80.7 cm³/mol. The Bertz CT molecular complexity index is 621. The lowest BCUT2D eigenvalue weighted by Crippen LogP contribution is -2.08. The lowest BCUT2D eigenvalue weighted by atomic mass is 10.1. The number of aryl methyl sites for hydroxylation is 2. The number of phenols is 2. The number of rotatable bonds is 4. The maximum Gasteiger partial charge on any atom is 0.508 e. The van der Waals surface area contributed by atoms with Gasteiger partial charge in [0.2, 0.25) is 0 Å². The van der Waals surface area contributed by atoms with Gasteiger partial charge in [-0.25, -0.2) is 4.79 Å². The minimum atomic E-state index is -0.859. The van der Waals surface area contributed by atoms with E-state index in [2.05, 4.69) is 0 Å². The van der Waals surface area contributed by atoms with Gasteiger partial charge in [-0.1, -0.05) is 36.4 Å². The van der Waals surface area contributed by atoms with E-state index in [4.69, 9.17) is 9.47 Å². The topological polar surface area (TPSA) is 76.0 Å². The Morgan fingerprint density at radius 1 is 0.864 bits per heavy atom. The molecule has 0 unspecified atom stereocenters. The van der Waals surface area contributed by atoms with Crippen LogP contribution in [-0.2, 0) is 22.7 Å². The Labute approximate surface area is 128 Å². The highest BCUT2D eigenvalue weighted by molar-refractivity contribution is 5.60. The molecular weight excluding hydrogens is 284 g/mol. The summed E-state index contributed by atoms with van der Waals surface area (Å²) in [6.45, 7) is 3.37. The van der Waals surface area contributed by atoms with Gasteiger partial charge in [0.25, 0.3) is 0 Å². The molecule has 0 aliphatic rings. The zero-order valence-electron chi connectivity index (χ0n) is 12.5. The molecular formula is C17H18O5. The molecule has 0 fully saturated rings. The zero-order chi connectivity index (χ0) is 16.1. The lowest BCUT2D eigenvalue weighted by Gasteiger charge is -2.10. The number of hydrogen-bond acceptors (Lipinski definition) is 5. The Morgan fingerprint density at radius 3 is 1.68 bits per heavy atom. The second kappa shape index (κ2) is 6.85. The minimum Gasteiger partial charge on any atom is -0.507 e. The van der Waals surface area contributed by atoms with Crippen molar-refractivity contribution in [2.45, 2.75) is 27.1 Å². The molecule has 0 spiro atoms. The number of carbonyl (C=O) groups is 1. The zero-order valence-corrected chi connectivity index (χ0v) is 12.5. The van der Waals surface area contributed by atoms with E-state index in [0.717, 1.165) is 0 Å². The average Bonchev–Trinajstić information content (AvgIpc) is 2.50. The fourth-order valence-corrected chi connectivity index (χ4v) is 1.99. The average molecular weight is 302 g/mol. The van der Waals surface area contributed by atoms with Crippen LogP contribution in [0.3, 0.4) is 0 Å². The molecule has 5 heteroatoms. The van der Waals surface area contributed by atoms with Crippen LogP contribution in [-0.4, -0.2) is 16.4 Å². The fourth-order valence-electron chi connectivity index (χ4n) is 1.99. The molecule has 0 radical (unpaired) electrons. The summed E-state index contributed by atoms with van der Waals surface area (Å²) in [7, 11) is 0. The first-order chi connectivity index (χ1) is 10.5. The van der Waals surface area contributed by atoms with E-state index in [1.807, 2.05) is 0 Å².